The molecule has 2 rings (SSSR count). The van der Waals surface area contributed by atoms with Crippen LogP contribution < -0.4 is 10.5 Å². The van der Waals surface area contributed by atoms with Crippen LogP contribution in [0.5, 0.6) is 5.75 Å². The molecule has 0 aliphatic carbocycles. The molecule has 1 heterocycles. The van der Waals surface area contributed by atoms with Crippen molar-refractivity contribution in [1.29, 1.82) is 0 Å². The second-order valence-electron chi connectivity index (χ2n) is 4.53. The zero-order valence-corrected chi connectivity index (χ0v) is 10.4. The maximum absolute atomic E-state index is 5.96. The Kier molecular flexibility index (Phi) is 4.40. The summed E-state index contributed by atoms with van der Waals surface area (Å²) in [7, 11) is 0. The highest BCUT2D eigenvalue weighted by Crippen LogP contribution is 2.19. The third kappa shape index (κ3) is 3.45. The van der Waals surface area contributed by atoms with Crippen LogP contribution in [0.15, 0.2) is 24.3 Å². The summed E-state index contributed by atoms with van der Waals surface area (Å²) in [6, 6.07) is 8.18. The van der Waals surface area contributed by atoms with Gasteiger partial charge in [0.25, 0.3) is 0 Å². The smallest absolute Gasteiger partial charge is 0.119 e. The molecule has 1 aliphatic heterocycles. The molecule has 0 amide bonds. The summed E-state index contributed by atoms with van der Waals surface area (Å²) < 4.78 is 11.2. The molecule has 2 atom stereocenters. The monoisotopic (exact) mass is 235 g/mol. The van der Waals surface area contributed by atoms with Crippen molar-refractivity contribution in [3.63, 3.8) is 0 Å². The molecule has 3 nitrogen and oxygen atoms in total. The SMILES string of the molecule is CCC(N)c1ccc(OCC2CCCO2)cc1. The van der Waals surface area contributed by atoms with Gasteiger partial charge >= 0.3 is 0 Å². The van der Waals surface area contributed by atoms with E-state index in [0.717, 1.165) is 37.2 Å². The minimum absolute atomic E-state index is 0.127. The average molecular weight is 235 g/mol. The van der Waals surface area contributed by atoms with E-state index in [1.165, 1.54) is 0 Å². The predicted octanol–water partition coefficient (Wildman–Crippen LogP) is 2.65. The standard InChI is InChI=1S/C14H21NO2/c1-2-14(15)11-5-7-12(8-6-11)17-10-13-4-3-9-16-13/h5-8,13-14H,2-4,9-10,15H2,1H3. The normalized spacial score (nSPS) is 21.4. The molecule has 0 spiro atoms. The van der Waals surface area contributed by atoms with E-state index in [4.69, 9.17) is 15.2 Å². The molecule has 1 aliphatic rings. The fourth-order valence-electron chi connectivity index (χ4n) is 2.01. The van der Waals surface area contributed by atoms with Crippen LogP contribution in [-0.4, -0.2) is 19.3 Å². The number of ether oxygens (including phenoxy) is 2. The van der Waals surface area contributed by atoms with Gasteiger partial charge in [0.05, 0.1) is 6.10 Å². The van der Waals surface area contributed by atoms with Crippen LogP contribution in [0, 0.1) is 0 Å². The van der Waals surface area contributed by atoms with Crippen LogP contribution in [0.25, 0.3) is 0 Å². The van der Waals surface area contributed by atoms with Crippen LogP contribution >= 0.6 is 0 Å². The number of benzene rings is 1. The van der Waals surface area contributed by atoms with Crippen LogP contribution in [0.2, 0.25) is 0 Å². The molecule has 3 heteroatoms. The molecule has 0 aromatic heterocycles. The Hall–Kier alpha value is -1.06. The molecule has 17 heavy (non-hydrogen) atoms. The van der Waals surface area contributed by atoms with E-state index in [1.54, 1.807) is 0 Å². The van der Waals surface area contributed by atoms with Gasteiger partial charge in [0.15, 0.2) is 0 Å². The Balaban J connectivity index is 1.84. The van der Waals surface area contributed by atoms with Crippen molar-refractivity contribution in [3.05, 3.63) is 29.8 Å². The van der Waals surface area contributed by atoms with Crippen molar-refractivity contribution in [2.45, 2.75) is 38.3 Å². The summed E-state index contributed by atoms with van der Waals surface area (Å²) in [5.41, 5.74) is 7.12. The third-order valence-corrected chi connectivity index (χ3v) is 3.21. The first-order valence-corrected chi connectivity index (χ1v) is 6.39. The highest BCUT2D eigenvalue weighted by atomic mass is 16.5. The summed E-state index contributed by atoms with van der Waals surface area (Å²) in [5, 5.41) is 0. The Labute approximate surface area is 103 Å². The van der Waals surface area contributed by atoms with Crippen molar-refractivity contribution >= 4 is 0 Å². The van der Waals surface area contributed by atoms with Gasteiger partial charge in [-0.15, -0.1) is 0 Å². The van der Waals surface area contributed by atoms with E-state index in [9.17, 15) is 0 Å². The fourth-order valence-corrected chi connectivity index (χ4v) is 2.01. The summed E-state index contributed by atoms with van der Waals surface area (Å²) in [5.74, 6) is 0.896. The molecule has 1 aromatic rings. The molecule has 2 unspecified atom stereocenters. The number of nitrogens with two attached hydrogens (primary N) is 1. The highest BCUT2D eigenvalue weighted by Gasteiger charge is 2.15. The number of hydrogen-bond donors (Lipinski definition) is 1. The molecule has 0 radical (unpaired) electrons. The molecule has 1 saturated heterocycles. The summed E-state index contributed by atoms with van der Waals surface area (Å²) in [6.07, 6.45) is 3.49. The first-order valence-electron chi connectivity index (χ1n) is 6.39. The van der Waals surface area contributed by atoms with Gasteiger partial charge in [0.2, 0.25) is 0 Å². The van der Waals surface area contributed by atoms with E-state index >= 15 is 0 Å². The topological polar surface area (TPSA) is 44.5 Å². The lowest BCUT2D eigenvalue weighted by molar-refractivity contribution is 0.0679. The molecule has 0 bridgehead atoms. The van der Waals surface area contributed by atoms with Gasteiger partial charge in [0, 0.05) is 12.6 Å². The lowest BCUT2D eigenvalue weighted by Crippen LogP contribution is -2.16. The van der Waals surface area contributed by atoms with Crippen molar-refractivity contribution in [2.75, 3.05) is 13.2 Å². The summed E-state index contributed by atoms with van der Waals surface area (Å²) >= 11 is 0. The molecule has 94 valence electrons. The van der Waals surface area contributed by atoms with Crippen molar-refractivity contribution in [1.82, 2.24) is 0 Å². The van der Waals surface area contributed by atoms with Gasteiger partial charge in [-0.25, -0.2) is 0 Å². The predicted molar refractivity (Wildman–Crippen MR) is 68.1 cm³/mol. The van der Waals surface area contributed by atoms with Crippen LogP contribution in [0.1, 0.15) is 37.8 Å². The molecule has 0 saturated carbocycles. The van der Waals surface area contributed by atoms with Gasteiger partial charge in [-0.1, -0.05) is 19.1 Å². The maximum atomic E-state index is 5.96. The zero-order valence-electron chi connectivity index (χ0n) is 10.4. The second kappa shape index (κ2) is 6.03. The van der Waals surface area contributed by atoms with Crippen molar-refractivity contribution in [3.8, 4) is 5.75 Å². The minimum atomic E-state index is 0.127. The Morgan fingerprint density at radius 1 is 1.41 bits per heavy atom. The summed E-state index contributed by atoms with van der Waals surface area (Å²) in [6.45, 7) is 3.62. The van der Waals surface area contributed by atoms with Crippen LogP contribution in [-0.2, 0) is 4.74 Å². The third-order valence-electron chi connectivity index (χ3n) is 3.21. The lowest BCUT2D eigenvalue weighted by Gasteiger charge is -2.13. The zero-order chi connectivity index (χ0) is 12.1. The van der Waals surface area contributed by atoms with E-state index in [1.807, 2.05) is 24.3 Å². The molecule has 1 fully saturated rings. The average Bonchev–Trinajstić information content (AvgIpc) is 2.89. The van der Waals surface area contributed by atoms with E-state index in [-0.39, 0.29) is 12.1 Å². The summed E-state index contributed by atoms with van der Waals surface area (Å²) in [4.78, 5) is 0. The molecular weight excluding hydrogens is 214 g/mol. The Morgan fingerprint density at radius 3 is 2.76 bits per heavy atom. The first kappa shape index (κ1) is 12.4. The quantitative estimate of drug-likeness (QED) is 0.853. The van der Waals surface area contributed by atoms with Gasteiger partial charge in [-0.2, -0.15) is 0 Å². The maximum Gasteiger partial charge on any atom is 0.119 e. The van der Waals surface area contributed by atoms with Crippen LogP contribution in [0.3, 0.4) is 0 Å². The van der Waals surface area contributed by atoms with Gasteiger partial charge < -0.3 is 15.2 Å². The largest absolute Gasteiger partial charge is 0.491 e. The van der Waals surface area contributed by atoms with Gasteiger partial charge in [-0.3, -0.25) is 0 Å². The number of rotatable bonds is 5. The number of hydrogen-bond acceptors (Lipinski definition) is 3. The van der Waals surface area contributed by atoms with Crippen molar-refractivity contribution < 1.29 is 9.47 Å². The molecule has 1 aromatic carbocycles. The van der Waals surface area contributed by atoms with E-state index < -0.39 is 0 Å². The van der Waals surface area contributed by atoms with Crippen LogP contribution in [0.4, 0.5) is 0 Å². The lowest BCUT2D eigenvalue weighted by atomic mass is 10.1. The van der Waals surface area contributed by atoms with Gasteiger partial charge in [0.1, 0.15) is 12.4 Å². The highest BCUT2D eigenvalue weighted by molar-refractivity contribution is 5.29. The Morgan fingerprint density at radius 2 is 2.18 bits per heavy atom. The molecule has 2 N–H and O–H groups in total. The minimum Gasteiger partial charge on any atom is -0.491 e. The van der Waals surface area contributed by atoms with E-state index in [2.05, 4.69) is 6.92 Å². The first-order chi connectivity index (χ1) is 8.29. The fraction of sp³-hybridized carbons (Fsp3) is 0.571. The second-order valence-corrected chi connectivity index (χ2v) is 4.53. The molecular formula is C14H21NO2. The van der Waals surface area contributed by atoms with E-state index in [0.29, 0.717) is 6.61 Å². The van der Waals surface area contributed by atoms with Crippen molar-refractivity contribution in [2.24, 2.45) is 5.73 Å². The van der Waals surface area contributed by atoms with Gasteiger partial charge in [-0.05, 0) is 37.0 Å². The Bertz CT molecular complexity index is 331.